The molecule has 0 aromatic heterocycles. The molecule has 0 radical (unpaired) electrons. The zero-order valence-corrected chi connectivity index (χ0v) is 18.4. The Morgan fingerprint density at radius 1 is 0.966 bits per heavy atom. The third-order valence-electron chi connectivity index (χ3n) is 5.26. The maximum atomic E-state index is 13.1. The second-order valence-electron chi connectivity index (χ2n) is 7.96. The van der Waals surface area contributed by atoms with Gasteiger partial charge in [0.2, 0.25) is 11.8 Å². The van der Waals surface area contributed by atoms with Crippen molar-refractivity contribution in [2.24, 2.45) is 0 Å². The summed E-state index contributed by atoms with van der Waals surface area (Å²) in [5.74, 6) is -0.117. The van der Waals surface area contributed by atoms with Crippen LogP contribution in [0.5, 0.6) is 0 Å². The molecule has 0 unspecified atom stereocenters. The van der Waals surface area contributed by atoms with Crippen LogP contribution >= 0.6 is 0 Å². The van der Waals surface area contributed by atoms with Gasteiger partial charge in [0.05, 0.1) is 0 Å². The van der Waals surface area contributed by atoms with Crippen LogP contribution in [0.2, 0.25) is 0 Å². The van der Waals surface area contributed by atoms with E-state index in [1.54, 1.807) is 4.90 Å². The van der Waals surface area contributed by atoms with Gasteiger partial charge >= 0.3 is 0 Å². The standard InChI is InChI=1S/C25H34N2O2/c1-6-21-11-13-22(14-12-21)15-16-24(28)27(20(5)25(29)26-18(2)3)17-23-10-8-7-9-19(23)4/h7-14,18,20H,6,15-17H2,1-5H3,(H,26,29)/t20-/m1/s1. The predicted molar refractivity (Wildman–Crippen MR) is 119 cm³/mol. The maximum Gasteiger partial charge on any atom is 0.242 e. The highest BCUT2D eigenvalue weighted by atomic mass is 16.2. The molecule has 4 nitrogen and oxygen atoms in total. The minimum Gasteiger partial charge on any atom is -0.352 e. The van der Waals surface area contributed by atoms with Gasteiger partial charge in [-0.1, -0.05) is 55.5 Å². The van der Waals surface area contributed by atoms with Gasteiger partial charge in [-0.2, -0.15) is 0 Å². The van der Waals surface area contributed by atoms with Crippen molar-refractivity contribution in [3.63, 3.8) is 0 Å². The van der Waals surface area contributed by atoms with Gasteiger partial charge in [0.15, 0.2) is 0 Å². The van der Waals surface area contributed by atoms with E-state index < -0.39 is 6.04 Å². The van der Waals surface area contributed by atoms with E-state index >= 15 is 0 Å². The van der Waals surface area contributed by atoms with Crippen LogP contribution in [-0.2, 0) is 29.0 Å². The summed E-state index contributed by atoms with van der Waals surface area (Å²) in [6.45, 7) is 10.3. The van der Waals surface area contributed by atoms with Crippen molar-refractivity contribution in [3.8, 4) is 0 Å². The van der Waals surface area contributed by atoms with Crippen molar-refractivity contribution in [3.05, 3.63) is 70.8 Å². The van der Waals surface area contributed by atoms with Crippen molar-refractivity contribution in [2.75, 3.05) is 0 Å². The first kappa shape index (κ1) is 22.7. The fourth-order valence-electron chi connectivity index (χ4n) is 3.30. The SMILES string of the molecule is CCc1ccc(CCC(=O)N(Cc2ccccc2C)[C@H](C)C(=O)NC(C)C)cc1. The van der Waals surface area contributed by atoms with Crippen LogP contribution in [0.3, 0.4) is 0 Å². The first-order valence-electron chi connectivity index (χ1n) is 10.5. The number of nitrogens with zero attached hydrogens (tertiary/aromatic N) is 1. The van der Waals surface area contributed by atoms with E-state index in [1.807, 2.05) is 52.0 Å². The van der Waals surface area contributed by atoms with Crippen molar-refractivity contribution in [1.29, 1.82) is 0 Å². The fraction of sp³-hybridized carbons (Fsp3) is 0.440. The molecule has 1 N–H and O–H groups in total. The van der Waals surface area contributed by atoms with Crippen molar-refractivity contribution >= 4 is 11.8 Å². The lowest BCUT2D eigenvalue weighted by atomic mass is 10.0. The molecule has 156 valence electrons. The number of carbonyl (C=O) groups excluding carboxylic acids is 2. The number of hydrogen-bond donors (Lipinski definition) is 1. The minimum atomic E-state index is -0.521. The predicted octanol–water partition coefficient (Wildman–Crippen LogP) is 4.43. The molecule has 4 heteroatoms. The van der Waals surface area contributed by atoms with Crippen LogP contribution in [-0.4, -0.2) is 28.8 Å². The van der Waals surface area contributed by atoms with E-state index in [1.165, 1.54) is 5.56 Å². The van der Waals surface area contributed by atoms with Gasteiger partial charge < -0.3 is 10.2 Å². The lowest BCUT2D eigenvalue weighted by Gasteiger charge is -2.30. The van der Waals surface area contributed by atoms with E-state index in [0.29, 0.717) is 19.4 Å². The summed E-state index contributed by atoms with van der Waals surface area (Å²) < 4.78 is 0. The van der Waals surface area contributed by atoms with Crippen LogP contribution in [0.25, 0.3) is 0 Å². The zero-order valence-electron chi connectivity index (χ0n) is 18.4. The molecule has 0 saturated heterocycles. The number of nitrogens with one attached hydrogen (secondary N) is 1. The molecule has 0 bridgehead atoms. The van der Waals surface area contributed by atoms with Gasteiger partial charge in [-0.25, -0.2) is 0 Å². The topological polar surface area (TPSA) is 49.4 Å². The third-order valence-corrected chi connectivity index (χ3v) is 5.26. The largest absolute Gasteiger partial charge is 0.352 e. The summed E-state index contributed by atoms with van der Waals surface area (Å²) in [5.41, 5.74) is 4.63. The first-order valence-corrected chi connectivity index (χ1v) is 10.5. The molecule has 0 spiro atoms. The van der Waals surface area contributed by atoms with E-state index in [9.17, 15) is 9.59 Å². The molecular weight excluding hydrogens is 360 g/mol. The summed E-state index contributed by atoms with van der Waals surface area (Å²) in [4.78, 5) is 27.5. The number of amides is 2. The van der Waals surface area contributed by atoms with Crippen molar-refractivity contribution in [2.45, 2.75) is 72.5 Å². The average molecular weight is 395 g/mol. The quantitative estimate of drug-likeness (QED) is 0.684. The lowest BCUT2D eigenvalue weighted by Crippen LogP contribution is -2.49. The van der Waals surface area contributed by atoms with Crippen molar-refractivity contribution in [1.82, 2.24) is 10.2 Å². The summed E-state index contributed by atoms with van der Waals surface area (Å²) in [7, 11) is 0. The van der Waals surface area contributed by atoms with Crippen LogP contribution in [0.1, 0.15) is 56.4 Å². The third kappa shape index (κ3) is 6.74. The molecule has 0 heterocycles. The highest BCUT2D eigenvalue weighted by molar-refractivity contribution is 5.87. The molecule has 0 aliphatic carbocycles. The van der Waals surface area contributed by atoms with E-state index in [4.69, 9.17) is 0 Å². The smallest absolute Gasteiger partial charge is 0.242 e. The second kappa shape index (κ2) is 10.8. The van der Waals surface area contributed by atoms with Crippen LogP contribution in [0.15, 0.2) is 48.5 Å². The summed E-state index contributed by atoms with van der Waals surface area (Å²) in [6, 6.07) is 15.9. The molecule has 0 fully saturated rings. The number of hydrogen-bond acceptors (Lipinski definition) is 2. The Morgan fingerprint density at radius 3 is 2.17 bits per heavy atom. The Hall–Kier alpha value is -2.62. The van der Waals surface area contributed by atoms with Gasteiger partial charge in [0.1, 0.15) is 6.04 Å². The van der Waals surface area contributed by atoms with Gasteiger partial charge in [0.25, 0.3) is 0 Å². The van der Waals surface area contributed by atoms with Gasteiger partial charge in [-0.3, -0.25) is 9.59 Å². The van der Waals surface area contributed by atoms with Gasteiger partial charge in [-0.15, -0.1) is 0 Å². The van der Waals surface area contributed by atoms with Crippen molar-refractivity contribution < 1.29 is 9.59 Å². The summed E-state index contributed by atoms with van der Waals surface area (Å²) in [5, 5.41) is 2.93. The molecule has 2 aromatic carbocycles. The Bertz CT molecular complexity index is 812. The Labute approximate surface area is 175 Å². The van der Waals surface area contributed by atoms with Crippen LogP contribution in [0.4, 0.5) is 0 Å². The maximum absolute atomic E-state index is 13.1. The van der Waals surface area contributed by atoms with Gasteiger partial charge in [0, 0.05) is 19.0 Å². The Morgan fingerprint density at radius 2 is 1.59 bits per heavy atom. The highest BCUT2D eigenvalue weighted by Crippen LogP contribution is 2.16. The normalized spacial score (nSPS) is 11.9. The van der Waals surface area contributed by atoms with Gasteiger partial charge in [-0.05, 0) is 62.8 Å². The molecule has 2 amide bonds. The average Bonchev–Trinajstić information content (AvgIpc) is 2.70. The fourth-order valence-corrected chi connectivity index (χ4v) is 3.30. The van der Waals surface area contributed by atoms with Crippen LogP contribution < -0.4 is 5.32 Å². The molecular formula is C25H34N2O2. The zero-order chi connectivity index (χ0) is 21.4. The second-order valence-corrected chi connectivity index (χ2v) is 7.96. The number of rotatable bonds is 9. The first-order chi connectivity index (χ1) is 13.8. The summed E-state index contributed by atoms with van der Waals surface area (Å²) >= 11 is 0. The number of carbonyl (C=O) groups is 2. The lowest BCUT2D eigenvalue weighted by molar-refractivity contribution is -0.140. The van der Waals surface area contributed by atoms with Crippen LogP contribution in [0, 0.1) is 6.92 Å². The Kier molecular flexibility index (Phi) is 8.44. The molecule has 0 saturated carbocycles. The Balaban J connectivity index is 2.14. The molecule has 0 aliphatic heterocycles. The number of aryl methyl sites for hydroxylation is 3. The van der Waals surface area contributed by atoms with E-state index in [0.717, 1.165) is 23.1 Å². The monoisotopic (exact) mass is 394 g/mol. The minimum absolute atomic E-state index is 0.000716. The van der Waals surface area contributed by atoms with E-state index in [-0.39, 0.29) is 17.9 Å². The van der Waals surface area contributed by atoms with E-state index in [2.05, 4.69) is 36.5 Å². The molecule has 2 rings (SSSR count). The highest BCUT2D eigenvalue weighted by Gasteiger charge is 2.26. The molecule has 2 aromatic rings. The summed E-state index contributed by atoms with van der Waals surface area (Å²) in [6.07, 6.45) is 2.06. The molecule has 0 aliphatic rings. The molecule has 29 heavy (non-hydrogen) atoms. The number of benzene rings is 2. The molecule has 1 atom stereocenters.